The maximum Gasteiger partial charge on any atom is 0.293 e. The fourth-order valence-electron chi connectivity index (χ4n) is 3.31. The first-order chi connectivity index (χ1) is 8.70. The van der Waals surface area contributed by atoms with Gasteiger partial charge in [0.25, 0.3) is 5.56 Å². The Morgan fingerprint density at radius 1 is 1.44 bits per heavy atom. The van der Waals surface area contributed by atoms with E-state index in [1.54, 1.807) is 17.0 Å². The van der Waals surface area contributed by atoms with Crippen molar-refractivity contribution < 1.29 is 5.11 Å². The summed E-state index contributed by atoms with van der Waals surface area (Å²) in [5.41, 5.74) is -0.0190. The molecule has 1 N–H and O–H groups in total. The number of anilines is 1. The zero-order chi connectivity index (χ0) is 12.7. The van der Waals surface area contributed by atoms with E-state index in [0.29, 0.717) is 24.2 Å². The SMILES string of the molecule is CCn1ccnc(N2CC3CCC(O)C3C2)c1=O. The average Bonchev–Trinajstić information content (AvgIpc) is 2.92. The Morgan fingerprint density at radius 2 is 2.28 bits per heavy atom. The number of hydrogen-bond donors (Lipinski definition) is 1. The largest absolute Gasteiger partial charge is 0.393 e. The molecule has 3 atom stereocenters. The van der Waals surface area contributed by atoms with Crippen molar-refractivity contribution in [3.8, 4) is 0 Å². The van der Waals surface area contributed by atoms with Crippen LogP contribution >= 0.6 is 0 Å². The van der Waals surface area contributed by atoms with Crippen LogP contribution in [0.1, 0.15) is 19.8 Å². The van der Waals surface area contributed by atoms with E-state index < -0.39 is 0 Å². The van der Waals surface area contributed by atoms with E-state index in [4.69, 9.17) is 0 Å². The Labute approximate surface area is 106 Å². The van der Waals surface area contributed by atoms with Gasteiger partial charge in [-0.05, 0) is 25.7 Å². The Kier molecular flexibility index (Phi) is 2.86. The summed E-state index contributed by atoms with van der Waals surface area (Å²) in [6.45, 7) is 4.24. The molecule has 3 rings (SSSR count). The molecule has 98 valence electrons. The smallest absolute Gasteiger partial charge is 0.293 e. The van der Waals surface area contributed by atoms with Crippen LogP contribution in [0.5, 0.6) is 0 Å². The molecular weight excluding hydrogens is 230 g/mol. The predicted molar refractivity (Wildman–Crippen MR) is 68.6 cm³/mol. The van der Waals surface area contributed by atoms with Crippen LogP contribution in [0.4, 0.5) is 5.82 Å². The summed E-state index contributed by atoms with van der Waals surface area (Å²) >= 11 is 0. The third-order valence-corrected chi connectivity index (χ3v) is 4.35. The van der Waals surface area contributed by atoms with Gasteiger partial charge in [0.2, 0.25) is 0 Å². The molecule has 0 bridgehead atoms. The summed E-state index contributed by atoms with van der Waals surface area (Å²) in [5.74, 6) is 1.39. The monoisotopic (exact) mass is 249 g/mol. The van der Waals surface area contributed by atoms with Crippen molar-refractivity contribution in [2.24, 2.45) is 11.8 Å². The molecular formula is C13H19N3O2. The molecule has 2 aliphatic rings. The third kappa shape index (κ3) is 1.73. The Morgan fingerprint density at radius 3 is 3.00 bits per heavy atom. The zero-order valence-electron chi connectivity index (χ0n) is 10.6. The first-order valence-electron chi connectivity index (χ1n) is 6.69. The molecule has 5 heteroatoms. The minimum atomic E-state index is -0.197. The first kappa shape index (κ1) is 11.7. The molecule has 0 amide bonds. The van der Waals surface area contributed by atoms with Gasteiger partial charge in [0.05, 0.1) is 6.10 Å². The Bertz CT molecular complexity index is 499. The minimum Gasteiger partial charge on any atom is -0.393 e. The van der Waals surface area contributed by atoms with Crippen LogP contribution in [0.2, 0.25) is 0 Å². The number of aliphatic hydroxyl groups excluding tert-OH is 1. The van der Waals surface area contributed by atoms with E-state index in [2.05, 4.69) is 4.98 Å². The van der Waals surface area contributed by atoms with E-state index in [-0.39, 0.29) is 11.7 Å². The maximum atomic E-state index is 12.2. The molecule has 1 saturated carbocycles. The zero-order valence-corrected chi connectivity index (χ0v) is 10.6. The molecule has 2 heterocycles. The molecule has 0 spiro atoms. The number of aromatic nitrogens is 2. The fourth-order valence-corrected chi connectivity index (χ4v) is 3.31. The summed E-state index contributed by atoms with van der Waals surface area (Å²) in [6, 6.07) is 0. The molecule has 3 unspecified atom stereocenters. The molecule has 1 aromatic rings. The van der Waals surface area contributed by atoms with Gasteiger partial charge >= 0.3 is 0 Å². The second-order valence-electron chi connectivity index (χ2n) is 5.32. The third-order valence-electron chi connectivity index (χ3n) is 4.35. The lowest BCUT2D eigenvalue weighted by Gasteiger charge is -2.19. The average molecular weight is 249 g/mol. The molecule has 1 aromatic heterocycles. The van der Waals surface area contributed by atoms with Gasteiger partial charge < -0.3 is 14.6 Å². The lowest BCUT2D eigenvalue weighted by atomic mass is 10.00. The van der Waals surface area contributed by atoms with E-state index in [0.717, 1.165) is 25.9 Å². The molecule has 1 aliphatic heterocycles. The van der Waals surface area contributed by atoms with Crippen molar-refractivity contribution in [1.29, 1.82) is 0 Å². The highest BCUT2D eigenvalue weighted by Gasteiger charge is 2.42. The lowest BCUT2D eigenvalue weighted by molar-refractivity contribution is 0.133. The summed E-state index contributed by atoms with van der Waals surface area (Å²) in [7, 11) is 0. The van der Waals surface area contributed by atoms with Gasteiger partial charge in [0.15, 0.2) is 5.82 Å². The summed E-state index contributed by atoms with van der Waals surface area (Å²) in [4.78, 5) is 18.5. The molecule has 1 aliphatic carbocycles. The van der Waals surface area contributed by atoms with E-state index in [1.807, 2.05) is 11.8 Å². The van der Waals surface area contributed by atoms with Crippen LogP contribution < -0.4 is 10.5 Å². The van der Waals surface area contributed by atoms with Gasteiger partial charge in [-0.3, -0.25) is 4.79 Å². The number of hydrogen-bond acceptors (Lipinski definition) is 4. The van der Waals surface area contributed by atoms with Crippen LogP contribution in [0, 0.1) is 11.8 Å². The first-order valence-corrected chi connectivity index (χ1v) is 6.69. The maximum absolute atomic E-state index is 12.2. The minimum absolute atomic E-state index is 0.0190. The topological polar surface area (TPSA) is 58.4 Å². The van der Waals surface area contributed by atoms with Crippen molar-refractivity contribution >= 4 is 5.82 Å². The van der Waals surface area contributed by atoms with Gasteiger partial charge in [-0.1, -0.05) is 0 Å². The summed E-state index contributed by atoms with van der Waals surface area (Å²) in [6.07, 6.45) is 5.18. The van der Waals surface area contributed by atoms with Gasteiger partial charge in [-0.2, -0.15) is 0 Å². The highest BCUT2D eigenvalue weighted by atomic mass is 16.3. The standard InChI is InChI=1S/C13H19N3O2/c1-2-15-6-5-14-12(13(15)18)16-7-9-3-4-11(17)10(9)8-16/h5-6,9-11,17H,2-4,7-8H2,1H3. The highest BCUT2D eigenvalue weighted by Crippen LogP contribution is 2.38. The van der Waals surface area contributed by atoms with Crippen molar-refractivity contribution in [1.82, 2.24) is 9.55 Å². The molecule has 0 aromatic carbocycles. The number of rotatable bonds is 2. The van der Waals surface area contributed by atoms with E-state index >= 15 is 0 Å². The van der Waals surface area contributed by atoms with Crippen LogP contribution in [0.25, 0.3) is 0 Å². The number of aliphatic hydroxyl groups is 1. The van der Waals surface area contributed by atoms with Gasteiger partial charge in [0, 0.05) is 37.9 Å². The van der Waals surface area contributed by atoms with E-state index in [1.165, 1.54) is 0 Å². The van der Waals surface area contributed by atoms with Crippen LogP contribution in [0.3, 0.4) is 0 Å². The Balaban J connectivity index is 1.87. The number of nitrogens with zero attached hydrogens (tertiary/aromatic N) is 3. The second kappa shape index (κ2) is 4.39. The molecule has 2 fully saturated rings. The van der Waals surface area contributed by atoms with Crippen LogP contribution in [-0.4, -0.2) is 33.9 Å². The molecule has 1 saturated heterocycles. The molecule has 0 radical (unpaired) electrons. The lowest BCUT2D eigenvalue weighted by Crippen LogP contribution is -2.33. The number of fused-ring (bicyclic) bond motifs is 1. The quantitative estimate of drug-likeness (QED) is 0.828. The van der Waals surface area contributed by atoms with Crippen LogP contribution in [-0.2, 0) is 6.54 Å². The fraction of sp³-hybridized carbons (Fsp3) is 0.692. The second-order valence-corrected chi connectivity index (χ2v) is 5.32. The summed E-state index contributed by atoms with van der Waals surface area (Å²) < 4.78 is 1.67. The summed E-state index contributed by atoms with van der Waals surface area (Å²) in [5, 5.41) is 9.90. The van der Waals surface area contributed by atoms with Gasteiger partial charge in [-0.15, -0.1) is 0 Å². The number of aryl methyl sites for hydroxylation is 1. The molecule has 5 nitrogen and oxygen atoms in total. The highest BCUT2D eigenvalue weighted by molar-refractivity contribution is 5.38. The van der Waals surface area contributed by atoms with Gasteiger partial charge in [0.1, 0.15) is 0 Å². The van der Waals surface area contributed by atoms with Crippen molar-refractivity contribution in [3.05, 3.63) is 22.7 Å². The van der Waals surface area contributed by atoms with Crippen LogP contribution in [0.15, 0.2) is 17.2 Å². The van der Waals surface area contributed by atoms with Crippen molar-refractivity contribution in [2.75, 3.05) is 18.0 Å². The van der Waals surface area contributed by atoms with Gasteiger partial charge in [-0.25, -0.2) is 4.98 Å². The molecule has 18 heavy (non-hydrogen) atoms. The van der Waals surface area contributed by atoms with Crippen molar-refractivity contribution in [2.45, 2.75) is 32.4 Å². The van der Waals surface area contributed by atoms with Crippen molar-refractivity contribution in [3.63, 3.8) is 0 Å². The Hall–Kier alpha value is -1.36. The normalized spacial score (nSPS) is 30.8. The van der Waals surface area contributed by atoms with E-state index in [9.17, 15) is 9.90 Å². The predicted octanol–water partition coefficient (Wildman–Crippen LogP) is 0.470.